The minimum Gasteiger partial charge on any atom is -0.285 e. The summed E-state index contributed by atoms with van der Waals surface area (Å²) in [4.78, 5) is 23.4. The molecule has 2 aromatic rings. The summed E-state index contributed by atoms with van der Waals surface area (Å²) in [6, 6.07) is 8.93. The van der Waals surface area contributed by atoms with Crippen LogP contribution in [0.5, 0.6) is 0 Å². The topological polar surface area (TPSA) is 34.1 Å². The maximum absolute atomic E-state index is 11.7. The van der Waals surface area contributed by atoms with Crippen molar-refractivity contribution in [2.45, 2.75) is 0 Å². The van der Waals surface area contributed by atoms with Crippen molar-refractivity contribution in [2.75, 3.05) is 0 Å². The number of benzene rings is 2. The van der Waals surface area contributed by atoms with Crippen molar-refractivity contribution in [3.05, 3.63) is 53.6 Å². The van der Waals surface area contributed by atoms with Crippen LogP contribution in [-0.4, -0.2) is 11.6 Å². The molecule has 0 unspecified atom stereocenters. The summed E-state index contributed by atoms with van der Waals surface area (Å²) in [5.74, 6) is -0.802. The van der Waals surface area contributed by atoms with Gasteiger partial charge in [-0.25, -0.2) is 0 Å². The fraction of sp³-hybridized carbons (Fsp3) is 0. The van der Waals surface area contributed by atoms with Crippen LogP contribution in [0.2, 0.25) is 0 Å². The van der Waals surface area contributed by atoms with Gasteiger partial charge in [0.1, 0.15) is 0 Å². The quantitative estimate of drug-likeness (QED) is 0.675. The molecule has 1 aliphatic rings. The van der Waals surface area contributed by atoms with Crippen LogP contribution in [0.1, 0.15) is 26.3 Å². The minimum atomic E-state index is -0.401. The summed E-state index contributed by atoms with van der Waals surface area (Å²) in [6.45, 7) is 3.73. The van der Waals surface area contributed by atoms with Gasteiger partial charge in [0, 0.05) is 16.5 Å². The van der Waals surface area contributed by atoms with Gasteiger partial charge in [0.25, 0.3) is 0 Å². The highest BCUT2D eigenvalue weighted by Crippen LogP contribution is 2.32. The van der Waals surface area contributed by atoms with Crippen molar-refractivity contribution < 1.29 is 9.59 Å². The number of carbonyl (C=O) groups excluding carboxylic acids is 2. The summed E-state index contributed by atoms with van der Waals surface area (Å²) < 4.78 is 0. The average Bonchev–Trinajstić information content (AvgIpc) is 2.57. The zero-order valence-electron chi connectivity index (χ0n) is 8.49. The Balaban J connectivity index is 2.59. The molecule has 1 aliphatic carbocycles. The first-order valence-corrected chi connectivity index (χ1v) is 5.01. The molecule has 0 atom stereocenters. The maximum Gasteiger partial charge on any atom is 0.234 e. The molecule has 0 N–H and O–H groups in total. The first-order chi connectivity index (χ1) is 7.74. The molecule has 0 heterocycles. The molecule has 0 aliphatic heterocycles. The van der Waals surface area contributed by atoms with E-state index in [4.69, 9.17) is 0 Å². The molecule has 2 heteroatoms. The van der Waals surface area contributed by atoms with Crippen molar-refractivity contribution in [1.29, 1.82) is 0 Å². The van der Waals surface area contributed by atoms with Crippen LogP contribution in [0.4, 0.5) is 0 Å². The third kappa shape index (κ3) is 0.910. The fourth-order valence-corrected chi connectivity index (χ4v) is 2.23. The summed E-state index contributed by atoms with van der Waals surface area (Å²) in [6.07, 6.45) is 1.73. The molecule has 3 rings (SSSR count). The highest BCUT2D eigenvalue weighted by Gasteiger charge is 2.30. The van der Waals surface area contributed by atoms with Gasteiger partial charge in [-0.15, -0.1) is 0 Å². The third-order valence-electron chi connectivity index (χ3n) is 2.99. The van der Waals surface area contributed by atoms with E-state index in [2.05, 4.69) is 6.58 Å². The molecule has 0 aromatic heterocycles. The standard InChI is InChI=1S/C14H8O2/c1-2-8-6-7-11-12-9(8)4-3-5-10(12)13(15)14(11)16/h2-7H,1H2. The van der Waals surface area contributed by atoms with Gasteiger partial charge in [0.2, 0.25) is 11.6 Å². The normalized spacial score (nSPS) is 13.5. The summed E-state index contributed by atoms with van der Waals surface area (Å²) in [5, 5.41) is 1.69. The van der Waals surface area contributed by atoms with E-state index in [1.165, 1.54) is 0 Å². The van der Waals surface area contributed by atoms with Crippen LogP contribution in [0.3, 0.4) is 0 Å². The predicted molar refractivity (Wildman–Crippen MR) is 62.7 cm³/mol. The van der Waals surface area contributed by atoms with E-state index in [1.807, 2.05) is 12.1 Å². The van der Waals surface area contributed by atoms with Crippen molar-refractivity contribution in [2.24, 2.45) is 0 Å². The van der Waals surface area contributed by atoms with E-state index in [-0.39, 0.29) is 0 Å². The van der Waals surface area contributed by atoms with Gasteiger partial charge in [0.15, 0.2) is 0 Å². The number of hydrogen-bond donors (Lipinski definition) is 0. The predicted octanol–water partition coefficient (Wildman–Crippen LogP) is 2.86. The lowest BCUT2D eigenvalue weighted by Gasteiger charge is -2.03. The fourth-order valence-electron chi connectivity index (χ4n) is 2.23. The van der Waals surface area contributed by atoms with E-state index < -0.39 is 11.6 Å². The monoisotopic (exact) mass is 208 g/mol. The Labute approximate surface area is 92.2 Å². The van der Waals surface area contributed by atoms with E-state index in [0.29, 0.717) is 11.1 Å². The summed E-state index contributed by atoms with van der Waals surface area (Å²) in [7, 11) is 0. The summed E-state index contributed by atoms with van der Waals surface area (Å²) >= 11 is 0. The molecule has 2 aromatic carbocycles. The zero-order chi connectivity index (χ0) is 11.3. The second kappa shape index (κ2) is 2.89. The van der Waals surface area contributed by atoms with Crippen molar-refractivity contribution in [3.8, 4) is 0 Å². The second-order valence-corrected chi connectivity index (χ2v) is 3.79. The molecule has 0 saturated heterocycles. The molecule has 0 bridgehead atoms. The zero-order valence-corrected chi connectivity index (χ0v) is 8.49. The molecular weight excluding hydrogens is 200 g/mol. The van der Waals surface area contributed by atoms with E-state index >= 15 is 0 Å². The molecule has 0 fully saturated rings. The van der Waals surface area contributed by atoms with Crippen LogP contribution < -0.4 is 0 Å². The highest BCUT2D eigenvalue weighted by molar-refractivity contribution is 6.57. The average molecular weight is 208 g/mol. The van der Waals surface area contributed by atoms with Crippen molar-refractivity contribution in [1.82, 2.24) is 0 Å². The van der Waals surface area contributed by atoms with E-state index in [9.17, 15) is 9.59 Å². The van der Waals surface area contributed by atoms with Gasteiger partial charge in [-0.3, -0.25) is 9.59 Å². The van der Waals surface area contributed by atoms with Gasteiger partial charge >= 0.3 is 0 Å². The van der Waals surface area contributed by atoms with Crippen LogP contribution >= 0.6 is 0 Å². The molecule has 0 amide bonds. The number of Topliss-reactive ketones (excluding diaryl/α,β-unsaturated/α-hetero) is 2. The van der Waals surface area contributed by atoms with Crippen LogP contribution in [0.15, 0.2) is 36.9 Å². The second-order valence-electron chi connectivity index (χ2n) is 3.79. The molecule has 0 saturated carbocycles. The Morgan fingerprint density at radius 3 is 2.31 bits per heavy atom. The van der Waals surface area contributed by atoms with Gasteiger partial charge in [-0.2, -0.15) is 0 Å². The Hall–Kier alpha value is -2.22. The molecule has 16 heavy (non-hydrogen) atoms. The van der Waals surface area contributed by atoms with Crippen molar-refractivity contribution in [3.63, 3.8) is 0 Å². The third-order valence-corrected chi connectivity index (χ3v) is 2.99. The van der Waals surface area contributed by atoms with Crippen LogP contribution in [0.25, 0.3) is 16.8 Å². The highest BCUT2D eigenvalue weighted by atomic mass is 16.2. The first-order valence-electron chi connectivity index (χ1n) is 5.01. The lowest BCUT2D eigenvalue weighted by molar-refractivity contribution is 0.0825. The molecular formula is C14H8O2. The smallest absolute Gasteiger partial charge is 0.234 e. The minimum absolute atomic E-state index is 0.401. The Morgan fingerprint density at radius 1 is 0.938 bits per heavy atom. The van der Waals surface area contributed by atoms with Gasteiger partial charge in [0.05, 0.1) is 0 Å². The lowest BCUT2D eigenvalue weighted by atomic mass is 10.00. The Bertz CT molecular complexity index is 645. The molecule has 76 valence electrons. The van der Waals surface area contributed by atoms with Gasteiger partial charge in [-0.05, 0) is 17.0 Å². The van der Waals surface area contributed by atoms with Crippen LogP contribution in [0, 0.1) is 0 Å². The molecule has 0 spiro atoms. The SMILES string of the molecule is C=Cc1ccc2c3c(cccc13)C(=O)C2=O. The van der Waals surface area contributed by atoms with E-state index in [1.54, 1.807) is 24.3 Å². The number of hydrogen-bond acceptors (Lipinski definition) is 2. The maximum atomic E-state index is 11.7. The molecule has 2 nitrogen and oxygen atoms in total. The number of rotatable bonds is 1. The van der Waals surface area contributed by atoms with Crippen LogP contribution in [-0.2, 0) is 0 Å². The number of ketones is 2. The Kier molecular flexibility index (Phi) is 1.63. The first kappa shape index (κ1) is 9.04. The molecule has 0 radical (unpaired) electrons. The number of carbonyl (C=O) groups is 2. The van der Waals surface area contributed by atoms with E-state index in [0.717, 1.165) is 16.3 Å². The largest absolute Gasteiger partial charge is 0.285 e. The van der Waals surface area contributed by atoms with Crippen molar-refractivity contribution >= 4 is 28.4 Å². The lowest BCUT2D eigenvalue weighted by Crippen LogP contribution is -2.05. The van der Waals surface area contributed by atoms with Gasteiger partial charge < -0.3 is 0 Å². The Morgan fingerprint density at radius 2 is 1.62 bits per heavy atom. The van der Waals surface area contributed by atoms with Gasteiger partial charge in [-0.1, -0.05) is 36.9 Å². The summed E-state index contributed by atoms with van der Waals surface area (Å²) in [5.41, 5.74) is 1.98.